The summed E-state index contributed by atoms with van der Waals surface area (Å²) in [5.41, 5.74) is -2.25. The lowest BCUT2D eigenvalue weighted by Crippen LogP contribution is -2.22. The Balaban J connectivity index is 2.67. The summed E-state index contributed by atoms with van der Waals surface area (Å²) in [6, 6.07) is 4.88. The van der Waals surface area contributed by atoms with Gasteiger partial charge < -0.3 is 0 Å². The van der Waals surface area contributed by atoms with Crippen molar-refractivity contribution in [3.8, 4) is 24.3 Å². The van der Waals surface area contributed by atoms with Gasteiger partial charge in [0.05, 0.1) is 26.6 Å². The fourth-order valence-corrected chi connectivity index (χ4v) is 4.87. The summed E-state index contributed by atoms with van der Waals surface area (Å²) >= 11 is 1.23. The number of benzene rings is 4. The van der Waals surface area contributed by atoms with Crippen LogP contribution < -0.4 is 10.4 Å². The van der Waals surface area contributed by atoms with Gasteiger partial charge in [-0.25, -0.2) is 30.7 Å². The Labute approximate surface area is 196 Å². The third-order valence-corrected chi connectivity index (χ3v) is 6.30. The summed E-state index contributed by atoms with van der Waals surface area (Å²) in [6.45, 7) is 0. The maximum absolute atomic E-state index is 15.4. The second kappa shape index (κ2) is 7.72. The van der Waals surface area contributed by atoms with Gasteiger partial charge in [0.2, 0.25) is 0 Å². The van der Waals surface area contributed by atoms with Gasteiger partial charge in [0.15, 0.2) is 23.3 Å². The molecule has 0 atom stereocenters. The SMILES string of the molecule is N#CC(C#N)=c1c(F)c2c(F)c(F)c3c(F)c(=C(C#N)C#N)c(I)c4c(F)c(F)c(c1F)c2c34. The monoisotopic (exact) mass is 580 g/mol. The zero-order valence-electron chi connectivity index (χ0n) is 15.8. The molecule has 4 aromatic carbocycles. The Kier molecular flexibility index (Phi) is 5.23. The molecule has 0 radical (unpaired) electrons. The summed E-state index contributed by atoms with van der Waals surface area (Å²) in [5.74, 6) is -13.8. The summed E-state index contributed by atoms with van der Waals surface area (Å²) in [5, 5.41) is 26.5. The Bertz CT molecular complexity index is 1670. The van der Waals surface area contributed by atoms with Gasteiger partial charge >= 0.3 is 0 Å². The van der Waals surface area contributed by atoms with Gasteiger partial charge in [0, 0.05) is 19.7 Å². The lowest BCUT2D eigenvalue weighted by molar-refractivity contribution is 0.506. The molecule has 4 rings (SSSR count). The fraction of sp³-hybridized carbons (Fsp3) is 0. The molecule has 4 nitrogen and oxygen atoms in total. The first-order valence-electron chi connectivity index (χ1n) is 8.66. The van der Waals surface area contributed by atoms with E-state index in [2.05, 4.69) is 0 Å². The molecule has 0 heterocycles. The second-order valence-corrected chi connectivity index (χ2v) is 7.79. The summed E-state index contributed by atoms with van der Waals surface area (Å²) in [6.07, 6.45) is 0. The van der Waals surface area contributed by atoms with Gasteiger partial charge in [0.25, 0.3) is 0 Å². The zero-order chi connectivity index (χ0) is 25.2. The van der Waals surface area contributed by atoms with E-state index >= 15 is 30.7 Å². The highest BCUT2D eigenvalue weighted by molar-refractivity contribution is 14.1. The number of halogens is 8. The first kappa shape index (κ1) is 23.0. The highest BCUT2D eigenvalue weighted by Crippen LogP contribution is 2.43. The molecule has 0 amide bonds. The fourth-order valence-electron chi connectivity index (χ4n) is 3.86. The molecule has 12 heteroatoms. The number of rotatable bonds is 0. The first-order chi connectivity index (χ1) is 16.1. The molecule has 0 spiro atoms. The molecular weight excluding hydrogens is 580 g/mol. The summed E-state index contributed by atoms with van der Waals surface area (Å²) in [4.78, 5) is 0. The predicted molar refractivity (Wildman–Crippen MR) is 111 cm³/mol. The molecule has 0 aliphatic carbocycles. The van der Waals surface area contributed by atoms with Crippen molar-refractivity contribution >= 4 is 66.1 Å². The number of hydrogen-bond donors (Lipinski definition) is 0. The first-order valence-corrected chi connectivity index (χ1v) is 9.74. The van der Waals surface area contributed by atoms with Crippen LogP contribution in [0.25, 0.3) is 43.5 Å². The van der Waals surface area contributed by atoms with Gasteiger partial charge in [-0.05, 0) is 22.6 Å². The van der Waals surface area contributed by atoms with Crippen molar-refractivity contribution in [2.75, 3.05) is 0 Å². The molecule has 0 aromatic heterocycles. The Morgan fingerprint density at radius 1 is 0.441 bits per heavy atom. The van der Waals surface area contributed by atoms with Crippen LogP contribution in [-0.2, 0) is 0 Å². The molecule has 0 aliphatic rings. The van der Waals surface area contributed by atoms with Crippen LogP contribution >= 0.6 is 22.6 Å². The predicted octanol–water partition coefficient (Wildman–Crippen LogP) is 4.56. The van der Waals surface area contributed by atoms with Crippen LogP contribution in [0.1, 0.15) is 0 Å². The van der Waals surface area contributed by atoms with Crippen molar-refractivity contribution in [1.82, 2.24) is 0 Å². The number of nitriles is 4. The summed E-state index contributed by atoms with van der Waals surface area (Å²) in [7, 11) is 0. The van der Waals surface area contributed by atoms with Gasteiger partial charge in [0.1, 0.15) is 52.9 Å². The highest BCUT2D eigenvalue weighted by atomic mass is 127. The molecule has 0 aliphatic heterocycles. The highest BCUT2D eigenvalue weighted by Gasteiger charge is 2.33. The normalized spacial score (nSPS) is 10.8. The van der Waals surface area contributed by atoms with Crippen LogP contribution in [0.3, 0.4) is 0 Å². The van der Waals surface area contributed by atoms with E-state index in [1.54, 1.807) is 0 Å². The zero-order valence-corrected chi connectivity index (χ0v) is 18.0. The van der Waals surface area contributed by atoms with E-state index in [0.717, 1.165) is 12.1 Å². The molecule has 164 valence electrons. The molecule has 34 heavy (non-hydrogen) atoms. The van der Waals surface area contributed by atoms with Crippen molar-refractivity contribution in [1.29, 1.82) is 21.0 Å². The minimum absolute atomic E-state index is 0.613. The summed E-state index contributed by atoms with van der Waals surface area (Å²) < 4.78 is 106. The van der Waals surface area contributed by atoms with Crippen molar-refractivity contribution in [2.45, 2.75) is 0 Å². The van der Waals surface area contributed by atoms with Gasteiger partial charge in [-0.2, -0.15) is 21.0 Å². The minimum Gasteiger partial charge on any atom is -0.205 e. The number of hydrogen-bond acceptors (Lipinski definition) is 4. The van der Waals surface area contributed by atoms with E-state index in [0.29, 0.717) is 0 Å². The lowest BCUT2D eigenvalue weighted by atomic mass is 9.89. The third kappa shape index (κ3) is 2.60. The largest absolute Gasteiger partial charge is 0.205 e. The topological polar surface area (TPSA) is 95.2 Å². The molecule has 0 N–H and O–H groups in total. The van der Waals surface area contributed by atoms with E-state index in [1.807, 2.05) is 0 Å². The van der Waals surface area contributed by atoms with Crippen molar-refractivity contribution in [2.24, 2.45) is 0 Å². The Morgan fingerprint density at radius 3 is 1.12 bits per heavy atom. The number of nitrogens with zero attached hydrogens (tertiary/aromatic N) is 4. The smallest absolute Gasteiger partial charge is 0.170 e. The Hall–Kier alpha value is -4.14. The van der Waals surface area contributed by atoms with Crippen molar-refractivity contribution in [3.63, 3.8) is 0 Å². The van der Waals surface area contributed by atoms with Crippen molar-refractivity contribution in [3.05, 3.63) is 54.7 Å². The quantitative estimate of drug-likeness (QED) is 0.173. The maximum Gasteiger partial charge on any atom is 0.170 e. The van der Waals surface area contributed by atoms with Gasteiger partial charge in [-0.1, -0.05) is 0 Å². The van der Waals surface area contributed by atoms with Gasteiger partial charge in [-0.15, -0.1) is 0 Å². The van der Waals surface area contributed by atoms with Crippen LogP contribution in [0.5, 0.6) is 0 Å². The van der Waals surface area contributed by atoms with E-state index in [4.69, 9.17) is 21.0 Å². The van der Waals surface area contributed by atoms with E-state index in [9.17, 15) is 0 Å². The Morgan fingerprint density at radius 2 is 0.735 bits per heavy atom. The standard InChI is InChI=1S/C22F7IN4/c23-15-7(5(1-31)2-32)16(24)12-9-10-13(19(27)18(26)11(9)15)17(25)8(6(3-33)4-34)22(30)14(10)21(29)20(12)28. The average molecular weight is 580 g/mol. The third-order valence-electron chi connectivity index (χ3n) is 5.22. The van der Waals surface area contributed by atoms with E-state index in [1.165, 1.54) is 34.7 Å². The molecule has 0 fully saturated rings. The van der Waals surface area contributed by atoms with Crippen LogP contribution in [-0.4, -0.2) is 0 Å². The molecule has 0 unspecified atom stereocenters. The van der Waals surface area contributed by atoms with Gasteiger partial charge in [-0.3, -0.25) is 0 Å². The van der Waals surface area contributed by atoms with Crippen LogP contribution in [0.2, 0.25) is 0 Å². The van der Waals surface area contributed by atoms with Crippen LogP contribution in [0, 0.1) is 89.6 Å². The maximum atomic E-state index is 15.4. The lowest BCUT2D eigenvalue weighted by Gasteiger charge is -2.18. The molecule has 0 saturated carbocycles. The second-order valence-electron chi connectivity index (χ2n) is 6.71. The molecule has 4 aromatic rings. The molecule has 0 bridgehead atoms. The van der Waals surface area contributed by atoms with Crippen LogP contribution in [0.4, 0.5) is 30.7 Å². The van der Waals surface area contributed by atoms with Crippen LogP contribution in [0.15, 0.2) is 0 Å². The van der Waals surface area contributed by atoms with Crippen molar-refractivity contribution < 1.29 is 30.7 Å². The minimum atomic E-state index is -2.15. The molecular formula is C22F7IN4. The van der Waals surface area contributed by atoms with E-state index in [-0.39, 0.29) is 0 Å². The average Bonchev–Trinajstić information content (AvgIpc) is 2.80. The molecule has 0 saturated heterocycles. The van der Waals surface area contributed by atoms with E-state index < -0.39 is 98.2 Å².